The maximum atomic E-state index is 9.60. The number of carboxylic acids is 2. The number of unbranched alkanes of at least 4 members (excludes halogenated alkanes) is 10. The van der Waals surface area contributed by atoms with Crippen LogP contribution in [0.25, 0.3) is 0 Å². The highest BCUT2D eigenvalue weighted by atomic mass is 16.4. The molecule has 0 saturated carbocycles. The van der Waals surface area contributed by atoms with Crippen LogP contribution in [0.3, 0.4) is 0 Å². The van der Waals surface area contributed by atoms with Crippen LogP contribution >= 0.6 is 0 Å². The van der Waals surface area contributed by atoms with Crippen molar-refractivity contribution in [1.82, 2.24) is 0 Å². The second-order valence-electron chi connectivity index (χ2n) is 7.33. The number of hydrogen-bond acceptors (Lipinski definition) is 4. The Kier molecular flexibility index (Phi) is 26.9. The molecule has 0 aliphatic heterocycles. The summed E-state index contributed by atoms with van der Waals surface area (Å²) in [6.07, 6.45) is 14.9. The van der Waals surface area contributed by atoms with Gasteiger partial charge in [-0.1, -0.05) is 90.7 Å². The van der Waals surface area contributed by atoms with Gasteiger partial charge in [0.15, 0.2) is 0 Å². The van der Waals surface area contributed by atoms with E-state index in [2.05, 4.69) is 20.1 Å². The van der Waals surface area contributed by atoms with E-state index in [9.17, 15) is 9.59 Å². The fraction of sp³-hybridized carbons (Fsp3) is 0.739. The van der Waals surface area contributed by atoms with Gasteiger partial charge < -0.3 is 20.4 Å². The zero-order valence-electron chi connectivity index (χ0n) is 18.8. The van der Waals surface area contributed by atoms with E-state index in [1.807, 2.05) is 0 Å². The molecule has 0 bridgehead atoms. The van der Waals surface area contributed by atoms with Crippen LogP contribution in [0.1, 0.15) is 97.8 Å². The smallest absolute Gasteiger partial charge is 0.330 e. The second kappa shape index (κ2) is 24.4. The third-order valence-corrected chi connectivity index (χ3v) is 4.08. The van der Waals surface area contributed by atoms with Crippen molar-refractivity contribution in [2.24, 2.45) is 0 Å². The monoisotopic (exact) mass is 416 g/mol. The van der Waals surface area contributed by atoms with Gasteiger partial charge in [0.2, 0.25) is 0 Å². The highest BCUT2D eigenvalue weighted by Gasteiger charge is 2.00. The van der Waals surface area contributed by atoms with Gasteiger partial charge in [0.1, 0.15) is 0 Å². The zero-order valence-corrected chi connectivity index (χ0v) is 18.8. The Hall–Kier alpha value is -1.66. The van der Waals surface area contributed by atoms with E-state index in [1.165, 1.54) is 78.1 Å². The lowest BCUT2D eigenvalue weighted by atomic mass is 10.0. The van der Waals surface area contributed by atoms with Gasteiger partial charge in [-0.2, -0.15) is 0 Å². The number of carboxylic acid groups (broad SMARTS) is 2. The zero-order chi connectivity index (χ0) is 23.1. The van der Waals surface area contributed by atoms with Crippen molar-refractivity contribution >= 4 is 11.9 Å². The minimum atomic E-state index is -0.935. The fourth-order valence-corrected chi connectivity index (χ4v) is 2.14. The molecular weight excluding hydrogens is 372 g/mol. The number of hydrogen-bond donors (Lipinski definition) is 4. The van der Waals surface area contributed by atoms with Crippen molar-refractivity contribution in [2.45, 2.75) is 104 Å². The molecule has 172 valence electrons. The first-order valence-corrected chi connectivity index (χ1v) is 10.7. The number of carbonyl (C=O) groups is 2. The molecule has 0 aromatic heterocycles. The summed E-state index contributed by atoms with van der Waals surface area (Å²) < 4.78 is 0. The molecule has 0 aliphatic carbocycles. The molecule has 29 heavy (non-hydrogen) atoms. The Morgan fingerprint density at radius 1 is 0.724 bits per heavy atom. The van der Waals surface area contributed by atoms with Crippen LogP contribution in [0.2, 0.25) is 0 Å². The molecule has 1 unspecified atom stereocenters. The first-order chi connectivity index (χ1) is 13.6. The van der Waals surface area contributed by atoms with Crippen molar-refractivity contribution in [3.05, 3.63) is 24.3 Å². The number of aliphatic hydroxyl groups excluding tert-OH is 2. The van der Waals surface area contributed by atoms with Gasteiger partial charge in [0.05, 0.1) is 12.7 Å². The van der Waals surface area contributed by atoms with Gasteiger partial charge in [-0.15, -0.1) is 0 Å². The molecule has 6 nitrogen and oxygen atoms in total. The first-order valence-electron chi connectivity index (χ1n) is 10.7. The van der Waals surface area contributed by atoms with E-state index in [4.69, 9.17) is 20.4 Å². The Balaban J connectivity index is -0.000000460. The van der Waals surface area contributed by atoms with Crippen LogP contribution in [0.15, 0.2) is 24.3 Å². The summed E-state index contributed by atoms with van der Waals surface area (Å²) in [5.41, 5.74) is 0.352. The van der Waals surface area contributed by atoms with Gasteiger partial charge in [-0.3, -0.25) is 0 Å². The van der Waals surface area contributed by atoms with Crippen LogP contribution in [0.5, 0.6) is 0 Å². The standard InChI is InChI=1S/C15H32O2.2C4H6O2/c1-2-3-4-5-6-7-8-9-10-11-12-13-15(17)14-16;2*1-3(2)4(5)6/h15-17H,2-14H2,1H3;2*1H2,2H3,(H,5,6). The molecular formula is C23H44O6. The van der Waals surface area contributed by atoms with Crippen molar-refractivity contribution in [2.75, 3.05) is 6.61 Å². The highest BCUT2D eigenvalue weighted by Crippen LogP contribution is 2.12. The molecule has 0 saturated heterocycles. The number of aliphatic carboxylic acids is 2. The van der Waals surface area contributed by atoms with Gasteiger partial charge in [0, 0.05) is 11.1 Å². The van der Waals surface area contributed by atoms with E-state index in [0.29, 0.717) is 0 Å². The molecule has 1 atom stereocenters. The third-order valence-electron chi connectivity index (χ3n) is 4.08. The van der Waals surface area contributed by atoms with E-state index in [0.717, 1.165) is 12.8 Å². The molecule has 0 aliphatic rings. The minimum Gasteiger partial charge on any atom is -0.478 e. The third kappa shape index (κ3) is 34.3. The quantitative estimate of drug-likeness (QED) is 0.212. The summed E-state index contributed by atoms with van der Waals surface area (Å²) in [5, 5.41) is 33.6. The van der Waals surface area contributed by atoms with Crippen molar-refractivity contribution in [3.8, 4) is 0 Å². The molecule has 0 fully saturated rings. The van der Waals surface area contributed by atoms with Gasteiger partial charge in [-0.25, -0.2) is 9.59 Å². The molecule has 0 aromatic rings. The Bertz CT molecular complexity index is 383. The largest absolute Gasteiger partial charge is 0.478 e. The van der Waals surface area contributed by atoms with E-state index >= 15 is 0 Å². The fourth-order valence-electron chi connectivity index (χ4n) is 2.14. The first kappa shape index (κ1) is 32.0. The average molecular weight is 417 g/mol. The molecule has 0 spiro atoms. The molecule has 0 rings (SSSR count). The van der Waals surface area contributed by atoms with Gasteiger partial charge in [0.25, 0.3) is 0 Å². The van der Waals surface area contributed by atoms with Crippen molar-refractivity contribution in [1.29, 1.82) is 0 Å². The Morgan fingerprint density at radius 3 is 1.24 bits per heavy atom. The SMILES string of the molecule is C=C(C)C(=O)O.C=C(C)C(=O)O.CCCCCCCCCCCCCC(O)CO. The van der Waals surface area contributed by atoms with Gasteiger partial charge in [-0.05, 0) is 20.3 Å². The molecule has 4 N–H and O–H groups in total. The maximum Gasteiger partial charge on any atom is 0.330 e. The number of aliphatic hydroxyl groups is 2. The molecule has 0 radical (unpaired) electrons. The van der Waals surface area contributed by atoms with E-state index in [-0.39, 0.29) is 17.8 Å². The lowest BCUT2D eigenvalue weighted by Crippen LogP contribution is -2.10. The van der Waals surface area contributed by atoms with Crippen molar-refractivity contribution in [3.63, 3.8) is 0 Å². The van der Waals surface area contributed by atoms with Crippen LogP contribution in [0.4, 0.5) is 0 Å². The predicted molar refractivity (Wildman–Crippen MR) is 119 cm³/mol. The van der Waals surface area contributed by atoms with Crippen LogP contribution in [0, 0.1) is 0 Å². The lowest BCUT2D eigenvalue weighted by Gasteiger charge is -2.06. The van der Waals surface area contributed by atoms with Gasteiger partial charge >= 0.3 is 11.9 Å². The molecule has 6 heteroatoms. The summed E-state index contributed by atoms with van der Waals surface area (Å²) >= 11 is 0. The molecule has 0 amide bonds. The van der Waals surface area contributed by atoms with E-state index < -0.39 is 18.0 Å². The minimum absolute atomic E-state index is 0.0856. The molecule has 0 aromatic carbocycles. The predicted octanol–water partition coefficient (Wildman–Crippen LogP) is 5.33. The van der Waals surface area contributed by atoms with Crippen LogP contribution in [-0.2, 0) is 9.59 Å². The normalized spacial score (nSPS) is 10.7. The second-order valence-corrected chi connectivity index (χ2v) is 7.33. The maximum absolute atomic E-state index is 9.60. The van der Waals surface area contributed by atoms with Crippen molar-refractivity contribution < 1.29 is 30.0 Å². The lowest BCUT2D eigenvalue weighted by molar-refractivity contribution is -0.133. The Morgan fingerprint density at radius 2 is 1.00 bits per heavy atom. The summed E-state index contributed by atoms with van der Waals surface area (Å²) in [6.45, 7) is 11.4. The Labute approximate surface area is 177 Å². The summed E-state index contributed by atoms with van der Waals surface area (Å²) in [6, 6.07) is 0. The van der Waals surface area contributed by atoms with Crippen LogP contribution < -0.4 is 0 Å². The summed E-state index contributed by atoms with van der Waals surface area (Å²) in [7, 11) is 0. The number of rotatable bonds is 15. The summed E-state index contributed by atoms with van der Waals surface area (Å²) in [4.78, 5) is 19.2. The highest BCUT2D eigenvalue weighted by molar-refractivity contribution is 5.85. The molecule has 0 heterocycles. The van der Waals surface area contributed by atoms with E-state index in [1.54, 1.807) is 0 Å². The topological polar surface area (TPSA) is 115 Å². The summed E-state index contributed by atoms with van der Waals surface area (Å²) in [5.74, 6) is -1.87. The van der Waals surface area contributed by atoms with Crippen LogP contribution in [-0.4, -0.2) is 45.1 Å². The average Bonchev–Trinajstić information content (AvgIpc) is 2.66.